The number of para-hydroxylation sites is 1. The number of benzene rings is 1. The third-order valence-corrected chi connectivity index (χ3v) is 3.78. The minimum Gasteiger partial charge on any atom is -0.478 e. The van der Waals surface area contributed by atoms with Crippen LogP contribution in [0.15, 0.2) is 18.2 Å². The molecule has 0 radical (unpaired) electrons. The summed E-state index contributed by atoms with van der Waals surface area (Å²) >= 11 is 0. The fraction of sp³-hybridized carbons (Fsp3) is 0.533. The van der Waals surface area contributed by atoms with Crippen LogP contribution in [0.25, 0.3) is 0 Å². The van der Waals surface area contributed by atoms with Gasteiger partial charge in [0.05, 0.1) is 16.9 Å². The van der Waals surface area contributed by atoms with Gasteiger partial charge in [0.1, 0.15) is 0 Å². The number of hydrogen-bond acceptors (Lipinski definition) is 3. The van der Waals surface area contributed by atoms with E-state index >= 15 is 0 Å². The molecule has 1 aromatic rings. The summed E-state index contributed by atoms with van der Waals surface area (Å²) in [5, 5.41) is 12.6. The summed E-state index contributed by atoms with van der Waals surface area (Å²) in [6, 6.07) is 5.37. The Morgan fingerprint density at radius 3 is 2.42 bits per heavy atom. The van der Waals surface area contributed by atoms with Gasteiger partial charge in [0.25, 0.3) is 0 Å². The summed E-state index contributed by atoms with van der Waals surface area (Å²) in [5.41, 5.74) is 7.29. The van der Waals surface area contributed by atoms with Crippen molar-refractivity contribution in [1.29, 1.82) is 0 Å². The molecule has 0 aromatic heterocycles. The molecule has 0 aliphatic heterocycles. The number of hydrogen-bond donors (Lipinski definition) is 3. The Morgan fingerprint density at radius 2 is 1.79 bits per heavy atom. The molecule has 104 valence electrons. The summed E-state index contributed by atoms with van der Waals surface area (Å²) in [6.07, 6.45) is 8.45. The van der Waals surface area contributed by atoms with Crippen LogP contribution in [0.3, 0.4) is 0 Å². The van der Waals surface area contributed by atoms with Gasteiger partial charge in [-0.25, -0.2) is 4.79 Å². The van der Waals surface area contributed by atoms with Crippen molar-refractivity contribution in [2.75, 3.05) is 11.1 Å². The number of anilines is 2. The number of nitrogens with one attached hydrogen (secondary N) is 1. The Kier molecular flexibility index (Phi) is 4.66. The van der Waals surface area contributed by atoms with E-state index < -0.39 is 5.97 Å². The quantitative estimate of drug-likeness (QED) is 0.729. The maximum absolute atomic E-state index is 11.2. The molecule has 1 aliphatic carbocycles. The molecule has 4 heteroatoms. The minimum absolute atomic E-state index is 0.266. The molecule has 0 saturated heterocycles. The second-order valence-corrected chi connectivity index (χ2v) is 5.26. The Bertz CT molecular complexity index is 438. The van der Waals surface area contributed by atoms with Crippen molar-refractivity contribution in [2.45, 2.75) is 51.0 Å². The van der Waals surface area contributed by atoms with E-state index in [0.29, 0.717) is 17.4 Å². The van der Waals surface area contributed by atoms with Crippen LogP contribution >= 0.6 is 0 Å². The average molecular weight is 262 g/mol. The summed E-state index contributed by atoms with van der Waals surface area (Å²) in [4.78, 5) is 11.2. The van der Waals surface area contributed by atoms with Crippen molar-refractivity contribution in [3.05, 3.63) is 23.8 Å². The fourth-order valence-corrected chi connectivity index (χ4v) is 2.71. The SMILES string of the molecule is Nc1cccc(C(=O)O)c1NC1CCCCCCC1. The van der Waals surface area contributed by atoms with E-state index in [-0.39, 0.29) is 5.56 Å². The Labute approximate surface area is 114 Å². The van der Waals surface area contributed by atoms with E-state index in [1.807, 2.05) is 0 Å². The number of nitrogen functional groups attached to an aromatic ring is 1. The Morgan fingerprint density at radius 1 is 1.16 bits per heavy atom. The van der Waals surface area contributed by atoms with Crippen LogP contribution in [0.2, 0.25) is 0 Å². The molecule has 0 unspecified atom stereocenters. The van der Waals surface area contributed by atoms with Crippen molar-refractivity contribution in [1.82, 2.24) is 0 Å². The lowest BCUT2D eigenvalue weighted by molar-refractivity contribution is 0.0698. The van der Waals surface area contributed by atoms with E-state index in [2.05, 4.69) is 5.32 Å². The average Bonchev–Trinajstić information content (AvgIpc) is 2.34. The van der Waals surface area contributed by atoms with Gasteiger partial charge in [-0.15, -0.1) is 0 Å². The molecule has 1 fully saturated rings. The number of aromatic carboxylic acids is 1. The number of nitrogens with two attached hydrogens (primary N) is 1. The Balaban J connectivity index is 2.14. The van der Waals surface area contributed by atoms with Crippen molar-refractivity contribution >= 4 is 17.3 Å². The maximum Gasteiger partial charge on any atom is 0.337 e. The van der Waals surface area contributed by atoms with Crippen molar-refractivity contribution in [2.24, 2.45) is 0 Å². The molecule has 0 heterocycles. The first-order chi connectivity index (χ1) is 9.18. The van der Waals surface area contributed by atoms with Crippen LogP contribution in [0.5, 0.6) is 0 Å². The highest BCUT2D eigenvalue weighted by molar-refractivity contribution is 5.97. The lowest BCUT2D eigenvalue weighted by atomic mass is 9.96. The molecule has 19 heavy (non-hydrogen) atoms. The first-order valence-corrected chi connectivity index (χ1v) is 7.07. The molecule has 4 nitrogen and oxygen atoms in total. The summed E-state index contributed by atoms with van der Waals surface area (Å²) < 4.78 is 0. The molecular weight excluding hydrogens is 240 g/mol. The molecule has 0 spiro atoms. The van der Waals surface area contributed by atoms with Gasteiger partial charge in [0.2, 0.25) is 0 Å². The zero-order chi connectivity index (χ0) is 13.7. The first-order valence-electron chi connectivity index (χ1n) is 7.07. The fourth-order valence-electron chi connectivity index (χ4n) is 2.71. The van der Waals surface area contributed by atoms with Gasteiger partial charge in [-0.1, -0.05) is 38.2 Å². The smallest absolute Gasteiger partial charge is 0.337 e. The van der Waals surface area contributed by atoms with Gasteiger partial charge in [0.15, 0.2) is 0 Å². The lowest BCUT2D eigenvalue weighted by Crippen LogP contribution is -2.22. The number of rotatable bonds is 3. The second kappa shape index (κ2) is 6.45. The zero-order valence-electron chi connectivity index (χ0n) is 11.2. The second-order valence-electron chi connectivity index (χ2n) is 5.26. The van der Waals surface area contributed by atoms with Crippen LogP contribution in [-0.4, -0.2) is 17.1 Å². The predicted octanol–water partition coefficient (Wildman–Crippen LogP) is 3.49. The van der Waals surface area contributed by atoms with Gasteiger partial charge >= 0.3 is 5.97 Å². The largest absolute Gasteiger partial charge is 0.478 e. The first kappa shape index (κ1) is 13.7. The van der Waals surface area contributed by atoms with Gasteiger partial charge in [-0.05, 0) is 25.0 Å². The number of carbonyl (C=O) groups is 1. The van der Waals surface area contributed by atoms with Crippen molar-refractivity contribution < 1.29 is 9.90 Å². The molecule has 4 N–H and O–H groups in total. The van der Waals surface area contributed by atoms with E-state index in [9.17, 15) is 9.90 Å². The third kappa shape index (κ3) is 3.63. The zero-order valence-corrected chi connectivity index (χ0v) is 11.2. The monoisotopic (exact) mass is 262 g/mol. The molecule has 0 amide bonds. The highest BCUT2D eigenvalue weighted by Crippen LogP contribution is 2.27. The topological polar surface area (TPSA) is 75.4 Å². The van der Waals surface area contributed by atoms with Crippen LogP contribution in [-0.2, 0) is 0 Å². The van der Waals surface area contributed by atoms with E-state index in [0.717, 1.165) is 12.8 Å². The number of carboxylic acids is 1. The van der Waals surface area contributed by atoms with Crippen molar-refractivity contribution in [3.8, 4) is 0 Å². The van der Waals surface area contributed by atoms with Gasteiger partial charge in [0, 0.05) is 6.04 Å². The van der Waals surface area contributed by atoms with Gasteiger partial charge in [-0.2, -0.15) is 0 Å². The lowest BCUT2D eigenvalue weighted by Gasteiger charge is -2.24. The molecular formula is C15H22N2O2. The molecule has 1 saturated carbocycles. The molecule has 1 aromatic carbocycles. The van der Waals surface area contributed by atoms with Crippen LogP contribution in [0.1, 0.15) is 55.3 Å². The summed E-state index contributed by atoms with van der Waals surface area (Å²) in [7, 11) is 0. The summed E-state index contributed by atoms with van der Waals surface area (Å²) in [5.74, 6) is -0.930. The van der Waals surface area contributed by atoms with E-state index in [1.165, 1.54) is 32.1 Å². The van der Waals surface area contributed by atoms with E-state index in [4.69, 9.17) is 5.73 Å². The maximum atomic E-state index is 11.2. The standard InChI is InChI=1S/C15H22N2O2/c16-13-10-6-9-12(15(18)19)14(13)17-11-7-4-2-1-3-5-8-11/h6,9-11,17H,1-5,7-8,16H2,(H,18,19). The normalized spacial score (nSPS) is 17.5. The third-order valence-electron chi connectivity index (χ3n) is 3.78. The van der Waals surface area contributed by atoms with Crippen LogP contribution in [0.4, 0.5) is 11.4 Å². The summed E-state index contributed by atoms with van der Waals surface area (Å²) in [6.45, 7) is 0. The predicted molar refractivity (Wildman–Crippen MR) is 77.5 cm³/mol. The van der Waals surface area contributed by atoms with E-state index in [1.54, 1.807) is 18.2 Å². The Hall–Kier alpha value is -1.71. The molecule has 0 bridgehead atoms. The van der Waals surface area contributed by atoms with Gasteiger partial charge < -0.3 is 16.2 Å². The molecule has 2 rings (SSSR count). The molecule has 0 atom stereocenters. The highest BCUT2D eigenvalue weighted by atomic mass is 16.4. The van der Waals surface area contributed by atoms with Gasteiger partial charge in [-0.3, -0.25) is 0 Å². The highest BCUT2D eigenvalue weighted by Gasteiger charge is 2.17. The van der Waals surface area contributed by atoms with Crippen LogP contribution < -0.4 is 11.1 Å². The molecule has 1 aliphatic rings. The minimum atomic E-state index is -0.930. The number of carboxylic acid groups (broad SMARTS) is 1. The van der Waals surface area contributed by atoms with Crippen molar-refractivity contribution in [3.63, 3.8) is 0 Å². The van der Waals surface area contributed by atoms with Crippen LogP contribution in [0, 0.1) is 0 Å².